The molecule has 0 fully saturated rings. The van der Waals surface area contributed by atoms with Crippen LogP contribution < -0.4 is 0 Å². The number of ketones is 1. The van der Waals surface area contributed by atoms with E-state index in [9.17, 15) is 29.4 Å². The Labute approximate surface area is 659 Å². The third kappa shape index (κ3) is 37.8. The molecule has 0 unspecified atom stereocenters. The quantitative estimate of drug-likeness (QED) is 0.0635. The lowest BCUT2D eigenvalue weighted by Gasteiger charge is -2.32. The first-order chi connectivity index (χ1) is 51.3. The minimum absolute atomic E-state index is 0.128. The van der Waals surface area contributed by atoms with Crippen molar-refractivity contribution in [3.05, 3.63) is 282 Å². The number of carbonyl (C=O) groups is 4. The predicted octanol–water partition coefficient (Wildman–Crippen LogP) is 24.0. The number of aryl methyl sites for hydroxylation is 15. The van der Waals surface area contributed by atoms with Crippen molar-refractivity contribution < 1.29 is 44.0 Å². The summed E-state index contributed by atoms with van der Waals surface area (Å²) in [6, 6.07) is 62.2. The minimum atomic E-state index is -0.716. The zero-order valence-corrected chi connectivity index (χ0v) is 70.8. The summed E-state index contributed by atoms with van der Waals surface area (Å²) in [4.78, 5) is 43.6. The van der Waals surface area contributed by atoms with Crippen LogP contribution in [-0.2, 0) is 85.0 Å². The van der Waals surface area contributed by atoms with Crippen molar-refractivity contribution in [2.75, 3.05) is 14.2 Å². The molecule has 592 valence electrons. The standard InChI is InChI=1S/C13H16O.2C13H20O.2C13H18.2C12H16O2.C11H14O2/c1-9-4-5-10-11(8-9)13(2,3)7-6-12(10)14;2*1-11-6-8-12(9-7-11)5-4-10-13(2,3)14;2*1-10-6-7-11-5-4-8-13(2,3)12(11)9-10;2*1-10-6-8-11(9-7-10)4-3-5-12(13)14-2;1-9-5-7-10(8-6-9)3-2-4-11(12)13/h4-5,8H,6-7H2,1-3H3;2*6-9,14H,4-5,10H2,1-3H3;2*6-7,9H,4-5,8H2,1-3H3;2*6-9H,3-5H2,1-2H3;5-8H,2-4H2,1H3,(H,12,13). The zero-order valence-electron chi connectivity index (χ0n) is 70.8. The Kier molecular flexibility index (Phi) is 39.7. The van der Waals surface area contributed by atoms with E-state index in [1.54, 1.807) is 22.3 Å². The van der Waals surface area contributed by atoms with Gasteiger partial charge in [0, 0.05) is 31.2 Å². The van der Waals surface area contributed by atoms with Crippen LogP contribution in [0.2, 0.25) is 0 Å². The summed E-state index contributed by atoms with van der Waals surface area (Å²) < 4.78 is 9.14. The molecule has 0 aliphatic heterocycles. The highest BCUT2D eigenvalue weighted by Gasteiger charge is 2.32. The van der Waals surface area contributed by atoms with Crippen LogP contribution in [0.4, 0.5) is 0 Å². The molecular weight excluding hydrogens is 1350 g/mol. The lowest BCUT2D eigenvalue weighted by atomic mass is 9.72. The average Bonchev–Trinajstić information content (AvgIpc) is 0.807. The largest absolute Gasteiger partial charge is 0.481 e. The highest BCUT2D eigenvalue weighted by Crippen LogP contribution is 2.39. The number of benzene rings is 8. The fourth-order valence-electron chi connectivity index (χ4n) is 13.7. The van der Waals surface area contributed by atoms with Gasteiger partial charge in [0.15, 0.2) is 5.78 Å². The molecular formula is C100H138O9. The molecule has 0 heterocycles. The number of carboxylic acids is 1. The van der Waals surface area contributed by atoms with Gasteiger partial charge in [0.05, 0.1) is 25.4 Å². The number of hydrogen-bond donors (Lipinski definition) is 3. The Hall–Kier alpha value is -8.24. The molecule has 0 saturated carbocycles. The Bertz CT molecular complexity index is 3790. The maximum Gasteiger partial charge on any atom is 0.305 e. The molecule has 0 saturated heterocycles. The third-order valence-corrected chi connectivity index (χ3v) is 20.8. The monoisotopic (exact) mass is 1480 g/mol. The molecule has 0 spiro atoms. The van der Waals surface area contributed by atoms with Gasteiger partial charge in [-0.25, -0.2) is 0 Å². The molecule has 8 aromatic carbocycles. The van der Waals surface area contributed by atoms with Crippen LogP contribution >= 0.6 is 0 Å². The van der Waals surface area contributed by atoms with Crippen LogP contribution in [0.25, 0.3) is 0 Å². The van der Waals surface area contributed by atoms with Gasteiger partial charge in [0.25, 0.3) is 0 Å². The van der Waals surface area contributed by atoms with Gasteiger partial charge in [-0.3, -0.25) is 19.2 Å². The van der Waals surface area contributed by atoms with Gasteiger partial charge in [0.1, 0.15) is 0 Å². The van der Waals surface area contributed by atoms with Gasteiger partial charge in [-0.05, 0) is 277 Å². The Morgan fingerprint density at radius 3 is 0.917 bits per heavy atom. The molecule has 0 bridgehead atoms. The number of esters is 2. The van der Waals surface area contributed by atoms with E-state index in [0.717, 1.165) is 89.0 Å². The van der Waals surface area contributed by atoms with Gasteiger partial charge in [-0.1, -0.05) is 262 Å². The summed E-state index contributed by atoms with van der Waals surface area (Å²) in [5.74, 6) is -0.666. The summed E-state index contributed by atoms with van der Waals surface area (Å²) in [6.45, 7) is 38.2. The van der Waals surface area contributed by atoms with Crippen molar-refractivity contribution in [2.24, 2.45) is 0 Å². The Morgan fingerprint density at radius 2 is 0.624 bits per heavy atom. The number of ether oxygens (including phenoxy) is 2. The van der Waals surface area contributed by atoms with E-state index in [2.05, 4.69) is 263 Å². The van der Waals surface area contributed by atoms with Gasteiger partial charge < -0.3 is 24.8 Å². The van der Waals surface area contributed by atoms with Crippen molar-refractivity contribution in [1.29, 1.82) is 0 Å². The van der Waals surface area contributed by atoms with Crippen LogP contribution in [0.5, 0.6) is 0 Å². The predicted molar refractivity (Wildman–Crippen MR) is 457 cm³/mol. The van der Waals surface area contributed by atoms with Gasteiger partial charge >= 0.3 is 17.9 Å². The average molecular weight is 1480 g/mol. The molecule has 109 heavy (non-hydrogen) atoms. The topological polar surface area (TPSA) is 147 Å². The van der Waals surface area contributed by atoms with E-state index >= 15 is 0 Å². The van der Waals surface area contributed by atoms with Crippen LogP contribution in [-0.4, -0.2) is 64.4 Å². The number of carbonyl (C=O) groups excluding carboxylic acids is 3. The number of carboxylic acid groups (broad SMARTS) is 1. The molecule has 0 atom stereocenters. The highest BCUT2D eigenvalue weighted by atomic mass is 16.5. The molecule has 11 rings (SSSR count). The number of hydrogen-bond acceptors (Lipinski definition) is 8. The molecule has 3 aliphatic carbocycles. The number of fused-ring (bicyclic) bond motifs is 3. The summed E-state index contributed by atoms with van der Waals surface area (Å²) in [5.41, 5.74) is 25.3. The summed E-state index contributed by atoms with van der Waals surface area (Å²) in [6.07, 6.45) is 22.0. The highest BCUT2D eigenvalue weighted by molar-refractivity contribution is 5.99. The van der Waals surface area contributed by atoms with Crippen molar-refractivity contribution in [3.63, 3.8) is 0 Å². The van der Waals surface area contributed by atoms with Crippen LogP contribution in [0.1, 0.15) is 282 Å². The summed E-state index contributed by atoms with van der Waals surface area (Å²) in [5, 5.41) is 27.5. The van der Waals surface area contributed by atoms with E-state index in [1.807, 2.05) is 46.8 Å². The first-order valence-electron chi connectivity index (χ1n) is 40.2. The fraction of sp³-hybridized carbons (Fsp3) is 0.480. The molecule has 0 aromatic heterocycles. The van der Waals surface area contributed by atoms with E-state index in [0.29, 0.717) is 35.9 Å². The third-order valence-electron chi connectivity index (χ3n) is 20.8. The van der Waals surface area contributed by atoms with Crippen LogP contribution in [0.15, 0.2) is 176 Å². The van der Waals surface area contributed by atoms with Crippen LogP contribution in [0.3, 0.4) is 0 Å². The van der Waals surface area contributed by atoms with Crippen molar-refractivity contribution in [2.45, 2.75) is 300 Å². The molecule has 0 amide bonds. The van der Waals surface area contributed by atoms with E-state index in [-0.39, 0.29) is 23.8 Å². The second kappa shape index (κ2) is 46.4. The van der Waals surface area contributed by atoms with E-state index in [4.69, 9.17) is 5.11 Å². The van der Waals surface area contributed by atoms with Crippen LogP contribution in [0, 0.1) is 55.4 Å². The van der Waals surface area contributed by atoms with Crippen molar-refractivity contribution >= 4 is 23.7 Å². The molecule has 3 aliphatic rings. The maximum atomic E-state index is 11.7. The molecule has 3 N–H and O–H groups in total. The fourth-order valence-corrected chi connectivity index (χ4v) is 13.7. The second-order valence-corrected chi connectivity index (χ2v) is 34.0. The normalized spacial score (nSPS) is 13.9. The van der Waals surface area contributed by atoms with Crippen molar-refractivity contribution in [3.8, 4) is 0 Å². The number of methoxy groups -OCH3 is 2. The van der Waals surface area contributed by atoms with Crippen molar-refractivity contribution in [1.82, 2.24) is 0 Å². The first-order valence-corrected chi connectivity index (χ1v) is 40.2. The summed E-state index contributed by atoms with van der Waals surface area (Å²) in [7, 11) is 2.85. The lowest BCUT2D eigenvalue weighted by molar-refractivity contribution is -0.141. The number of aliphatic carboxylic acids is 1. The number of aliphatic hydroxyl groups is 2. The van der Waals surface area contributed by atoms with Gasteiger partial charge in [0.2, 0.25) is 0 Å². The molecule has 8 aromatic rings. The molecule has 9 heteroatoms. The smallest absolute Gasteiger partial charge is 0.305 e. The number of rotatable bonds is 20. The van der Waals surface area contributed by atoms with E-state index < -0.39 is 17.2 Å². The first kappa shape index (κ1) is 93.1. The Balaban J connectivity index is 0.000000263. The molecule has 0 radical (unpaired) electrons. The minimum Gasteiger partial charge on any atom is -0.481 e. The van der Waals surface area contributed by atoms with Gasteiger partial charge in [-0.15, -0.1) is 0 Å². The zero-order chi connectivity index (χ0) is 81.0. The molecule has 9 nitrogen and oxygen atoms in total. The second-order valence-electron chi connectivity index (χ2n) is 34.0. The maximum absolute atomic E-state index is 11.7. The van der Waals surface area contributed by atoms with Gasteiger partial charge in [-0.2, -0.15) is 0 Å². The Morgan fingerprint density at radius 1 is 0.358 bits per heavy atom. The lowest BCUT2D eigenvalue weighted by Crippen LogP contribution is -2.27. The number of Topliss-reactive ketones (excluding diaryl/α,β-unsaturated/α-hetero) is 1. The SMILES string of the molecule is COC(=O)CCCc1ccc(C)cc1.COC(=O)CCCc1ccc(C)cc1.Cc1ccc(CCCC(=O)O)cc1.Cc1ccc(CCCC(C)(C)O)cc1.Cc1ccc(CCCC(C)(C)O)cc1.Cc1ccc2c(c1)C(C)(C)CCC2.Cc1ccc2c(c1)C(C)(C)CCC2.Cc1ccc2c(c1)C(C)(C)CCC2=O. The van der Waals surface area contributed by atoms with E-state index in [1.165, 1.54) is 131 Å². The summed E-state index contributed by atoms with van der Waals surface area (Å²) >= 11 is 0.